The average molecular weight is 331 g/mol. The van der Waals surface area contributed by atoms with Crippen LogP contribution in [0.5, 0.6) is 0 Å². The molecule has 0 unspecified atom stereocenters. The molecule has 1 heterocycles. The van der Waals surface area contributed by atoms with Crippen molar-refractivity contribution in [3.63, 3.8) is 0 Å². The number of carboxylic acids is 1. The van der Waals surface area contributed by atoms with Crippen LogP contribution in [0, 0.1) is 5.82 Å². The summed E-state index contributed by atoms with van der Waals surface area (Å²) in [6.07, 6.45) is -0.123. The number of anilines is 2. The van der Waals surface area contributed by atoms with Gasteiger partial charge in [-0.2, -0.15) is 0 Å². The van der Waals surface area contributed by atoms with E-state index >= 15 is 0 Å². The Morgan fingerprint density at radius 2 is 2.33 bits per heavy atom. The first-order valence-electron chi connectivity index (χ1n) is 4.93. The number of thiazole rings is 1. The number of nitrogens with zero attached hydrogens (tertiary/aromatic N) is 1. The molecule has 2 rings (SSSR count). The highest BCUT2D eigenvalue weighted by atomic mass is 79.9. The van der Waals surface area contributed by atoms with Gasteiger partial charge in [-0.15, -0.1) is 11.3 Å². The number of halogens is 2. The van der Waals surface area contributed by atoms with Crippen molar-refractivity contribution in [3.05, 3.63) is 39.6 Å². The molecule has 0 fully saturated rings. The number of aliphatic carboxylic acids is 1. The Bertz CT molecular complexity index is 588. The van der Waals surface area contributed by atoms with Gasteiger partial charge < -0.3 is 10.4 Å². The SMILES string of the molecule is O=C(O)Cc1csc(Nc2cc(F)ccc2Br)n1. The van der Waals surface area contributed by atoms with Gasteiger partial charge in [0.25, 0.3) is 0 Å². The number of hydrogen-bond donors (Lipinski definition) is 2. The second-order valence-corrected chi connectivity index (χ2v) is 5.18. The number of hydrogen-bond acceptors (Lipinski definition) is 4. The van der Waals surface area contributed by atoms with Gasteiger partial charge in [0.1, 0.15) is 5.82 Å². The van der Waals surface area contributed by atoms with Crippen LogP contribution in [0.3, 0.4) is 0 Å². The smallest absolute Gasteiger partial charge is 0.309 e. The van der Waals surface area contributed by atoms with Gasteiger partial charge in [-0.05, 0) is 34.1 Å². The minimum absolute atomic E-state index is 0.123. The lowest BCUT2D eigenvalue weighted by Crippen LogP contribution is -2.00. The summed E-state index contributed by atoms with van der Waals surface area (Å²) in [6.45, 7) is 0. The fraction of sp³-hybridized carbons (Fsp3) is 0.0909. The maximum Gasteiger partial charge on any atom is 0.309 e. The molecule has 0 spiro atoms. The number of nitrogens with one attached hydrogen (secondary N) is 1. The van der Waals surface area contributed by atoms with Crippen LogP contribution >= 0.6 is 27.3 Å². The van der Waals surface area contributed by atoms with Gasteiger partial charge in [0.2, 0.25) is 0 Å². The van der Waals surface area contributed by atoms with Crippen LogP contribution in [0.4, 0.5) is 15.2 Å². The summed E-state index contributed by atoms with van der Waals surface area (Å²) in [4.78, 5) is 14.6. The van der Waals surface area contributed by atoms with Gasteiger partial charge in [-0.1, -0.05) is 0 Å². The van der Waals surface area contributed by atoms with E-state index in [0.29, 0.717) is 21.0 Å². The summed E-state index contributed by atoms with van der Waals surface area (Å²) in [5.41, 5.74) is 1.02. The van der Waals surface area contributed by atoms with Crippen LogP contribution in [0.25, 0.3) is 0 Å². The molecule has 0 bridgehead atoms. The van der Waals surface area contributed by atoms with Crippen molar-refractivity contribution in [2.75, 3.05) is 5.32 Å². The Kier molecular flexibility index (Phi) is 3.93. The third-order valence-electron chi connectivity index (χ3n) is 2.05. The minimum Gasteiger partial charge on any atom is -0.481 e. The van der Waals surface area contributed by atoms with E-state index in [1.165, 1.54) is 23.5 Å². The molecule has 0 saturated carbocycles. The van der Waals surface area contributed by atoms with Crippen LogP contribution in [0.1, 0.15) is 5.69 Å². The summed E-state index contributed by atoms with van der Waals surface area (Å²) in [7, 11) is 0. The molecule has 0 radical (unpaired) electrons. The summed E-state index contributed by atoms with van der Waals surface area (Å²) in [5.74, 6) is -1.29. The van der Waals surface area contributed by atoms with Gasteiger partial charge in [-0.25, -0.2) is 9.37 Å². The minimum atomic E-state index is -0.932. The monoisotopic (exact) mass is 330 g/mol. The zero-order valence-electron chi connectivity index (χ0n) is 8.98. The second-order valence-electron chi connectivity index (χ2n) is 3.46. The van der Waals surface area contributed by atoms with Crippen molar-refractivity contribution in [3.8, 4) is 0 Å². The number of carboxylic acid groups (broad SMARTS) is 1. The maximum absolute atomic E-state index is 13.1. The lowest BCUT2D eigenvalue weighted by molar-refractivity contribution is -0.136. The van der Waals surface area contributed by atoms with Crippen molar-refractivity contribution in [2.24, 2.45) is 0 Å². The molecule has 0 atom stereocenters. The molecule has 2 N–H and O–H groups in total. The predicted octanol–water partition coefficient (Wildman–Crippen LogP) is 3.42. The molecule has 4 nitrogen and oxygen atoms in total. The molecule has 1 aromatic heterocycles. The van der Waals surface area contributed by atoms with Crippen molar-refractivity contribution in [2.45, 2.75) is 6.42 Å². The highest BCUT2D eigenvalue weighted by Crippen LogP contribution is 2.28. The number of aromatic nitrogens is 1. The van der Waals surface area contributed by atoms with E-state index in [-0.39, 0.29) is 12.2 Å². The lowest BCUT2D eigenvalue weighted by atomic mass is 10.3. The Balaban J connectivity index is 2.16. The molecular weight excluding hydrogens is 323 g/mol. The topological polar surface area (TPSA) is 62.2 Å². The molecule has 0 aliphatic rings. The molecule has 1 aromatic carbocycles. The standard InChI is InChI=1S/C11H8BrFN2O2S/c12-8-2-1-6(13)3-9(8)15-11-14-7(5-18-11)4-10(16)17/h1-3,5H,4H2,(H,14,15)(H,16,17). The van der Waals surface area contributed by atoms with Gasteiger partial charge in [0, 0.05) is 9.85 Å². The van der Waals surface area contributed by atoms with Crippen LogP contribution in [0.2, 0.25) is 0 Å². The predicted molar refractivity (Wildman–Crippen MR) is 70.8 cm³/mol. The summed E-state index contributed by atoms with van der Waals surface area (Å²) in [6, 6.07) is 4.26. The van der Waals surface area contributed by atoms with Gasteiger partial charge in [0.15, 0.2) is 5.13 Å². The van der Waals surface area contributed by atoms with Gasteiger partial charge >= 0.3 is 5.97 Å². The first kappa shape index (κ1) is 13.0. The molecule has 0 aliphatic carbocycles. The van der Waals surface area contributed by atoms with E-state index in [0.717, 1.165) is 0 Å². The first-order valence-corrected chi connectivity index (χ1v) is 6.60. The normalized spacial score (nSPS) is 10.3. The number of benzene rings is 1. The van der Waals surface area contributed by atoms with Gasteiger partial charge in [-0.3, -0.25) is 4.79 Å². The average Bonchev–Trinajstić information content (AvgIpc) is 2.70. The van der Waals surface area contributed by atoms with Crippen LogP contribution in [0.15, 0.2) is 28.1 Å². The van der Waals surface area contributed by atoms with Crippen LogP contribution < -0.4 is 5.32 Å². The highest BCUT2D eigenvalue weighted by molar-refractivity contribution is 9.10. The molecule has 0 aliphatic heterocycles. The highest BCUT2D eigenvalue weighted by Gasteiger charge is 2.08. The van der Waals surface area contributed by atoms with E-state index < -0.39 is 5.97 Å². The summed E-state index contributed by atoms with van der Waals surface area (Å²) in [5, 5.41) is 13.7. The number of carbonyl (C=O) groups is 1. The molecule has 0 amide bonds. The zero-order valence-corrected chi connectivity index (χ0v) is 11.4. The van der Waals surface area contributed by atoms with Crippen LogP contribution in [-0.4, -0.2) is 16.1 Å². The molecule has 94 valence electrons. The van der Waals surface area contributed by atoms with E-state index in [2.05, 4.69) is 26.2 Å². The summed E-state index contributed by atoms with van der Waals surface area (Å²) < 4.78 is 13.8. The van der Waals surface area contributed by atoms with E-state index in [1.807, 2.05) is 0 Å². The maximum atomic E-state index is 13.1. The largest absolute Gasteiger partial charge is 0.481 e. The fourth-order valence-corrected chi connectivity index (χ4v) is 2.38. The van der Waals surface area contributed by atoms with Crippen molar-refractivity contribution in [1.82, 2.24) is 4.98 Å². The Labute approximate surface area is 115 Å². The van der Waals surface area contributed by atoms with E-state index in [1.54, 1.807) is 11.4 Å². The van der Waals surface area contributed by atoms with Gasteiger partial charge in [0.05, 0.1) is 17.8 Å². The Morgan fingerprint density at radius 3 is 3.06 bits per heavy atom. The first-order chi connectivity index (χ1) is 8.54. The number of rotatable bonds is 4. The summed E-state index contributed by atoms with van der Waals surface area (Å²) >= 11 is 4.56. The van der Waals surface area contributed by atoms with E-state index in [9.17, 15) is 9.18 Å². The fourth-order valence-electron chi connectivity index (χ4n) is 1.31. The zero-order chi connectivity index (χ0) is 13.1. The van der Waals surface area contributed by atoms with Crippen LogP contribution in [-0.2, 0) is 11.2 Å². The lowest BCUT2D eigenvalue weighted by Gasteiger charge is -2.05. The second kappa shape index (κ2) is 5.45. The van der Waals surface area contributed by atoms with Crippen molar-refractivity contribution < 1.29 is 14.3 Å². The molecule has 2 aromatic rings. The molecule has 7 heteroatoms. The Hall–Kier alpha value is -1.47. The van der Waals surface area contributed by atoms with E-state index in [4.69, 9.17) is 5.11 Å². The molecule has 0 saturated heterocycles. The van der Waals surface area contributed by atoms with Crippen molar-refractivity contribution in [1.29, 1.82) is 0 Å². The van der Waals surface area contributed by atoms with Crippen molar-refractivity contribution >= 4 is 44.1 Å². The molecule has 18 heavy (non-hydrogen) atoms. The third kappa shape index (κ3) is 3.27. The quantitative estimate of drug-likeness (QED) is 0.901. The Morgan fingerprint density at radius 1 is 1.56 bits per heavy atom. The third-order valence-corrected chi connectivity index (χ3v) is 3.55. The molecular formula is C11H8BrFN2O2S.